The zero-order valence-electron chi connectivity index (χ0n) is 12.2. The van der Waals surface area contributed by atoms with E-state index in [-0.39, 0.29) is 5.41 Å². The first-order valence-corrected chi connectivity index (χ1v) is 7.68. The van der Waals surface area contributed by atoms with Crippen LogP contribution >= 0.6 is 11.3 Å². The minimum atomic E-state index is 0.206. The molecule has 0 amide bonds. The molecule has 0 aliphatic rings. The van der Waals surface area contributed by atoms with Gasteiger partial charge in [-0.25, -0.2) is 4.98 Å². The van der Waals surface area contributed by atoms with E-state index in [4.69, 9.17) is 5.73 Å². The van der Waals surface area contributed by atoms with Crippen LogP contribution in [0.2, 0.25) is 0 Å². The first-order chi connectivity index (χ1) is 8.48. The fraction of sp³-hybridized carbons (Fsp3) is 0.786. The van der Waals surface area contributed by atoms with Crippen LogP contribution in [0.4, 0.5) is 0 Å². The third kappa shape index (κ3) is 5.04. The number of nitrogens with two attached hydrogens (primary N) is 1. The summed E-state index contributed by atoms with van der Waals surface area (Å²) in [6.07, 6.45) is 2.31. The van der Waals surface area contributed by atoms with Crippen molar-refractivity contribution in [3.05, 3.63) is 16.1 Å². The van der Waals surface area contributed by atoms with Crippen molar-refractivity contribution in [2.45, 2.75) is 40.5 Å². The van der Waals surface area contributed by atoms with Crippen LogP contribution in [0.3, 0.4) is 0 Å². The Kier molecular flexibility index (Phi) is 6.26. The van der Waals surface area contributed by atoms with Gasteiger partial charge in [0.25, 0.3) is 0 Å². The molecule has 18 heavy (non-hydrogen) atoms. The zero-order chi connectivity index (χ0) is 13.6. The Morgan fingerprint density at radius 2 is 2.11 bits per heavy atom. The molecule has 0 bridgehead atoms. The summed E-state index contributed by atoms with van der Waals surface area (Å²) >= 11 is 1.77. The number of aromatic nitrogens is 1. The molecule has 0 saturated carbocycles. The van der Waals surface area contributed by atoms with E-state index in [9.17, 15) is 0 Å². The summed E-state index contributed by atoms with van der Waals surface area (Å²) in [4.78, 5) is 8.26. The minimum Gasteiger partial charge on any atom is -0.330 e. The molecule has 4 heteroatoms. The first-order valence-electron chi connectivity index (χ1n) is 6.80. The normalized spacial score (nSPS) is 12.3. The Balaban J connectivity index is 2.50. The highest BCUT2D eigenvalue weighted by atomic mass is 32.1. The van der Waals surface area contributed by atoms with E-state index in [1.54, 1.807) is 11.3 Å². The van der Waals surface area contributed by atoms with Gasteiger partial charge >= 0.3 is 0 Å². The maximum absolute atomic E-state index is 5.83. The fourth-order valence-corrected chi connectivity index (χ4v) is 2.85. The molecule has 0 saturated heterocycles. The molecule has 0 atom stereocenters. The van der Waals surface area contributed by atoms with Gasteiger partial charge in [-0.15, -0.1) is 11.3 Å². The molecule has 0 aliphatic heterocycles. The molecule has 0 spiro atoms. The smallest absolute Gasteiger partial charge is 0.0797 e. The molecule has 1 rings (SSSR count). The number of hydrogen-bond acceptors (Lipinski definition) is 4. The third-order valence-corrected chi connectivity index (χ3v) is 4.24. The maximum Gasteiger partial charge on any atom is 0.0797 e. The van der Waals surface area contributed by atoms with Crippen LogP contribution in [0.1, 0.15) is 37.8 Å². The van der Waals surface area contributed by atoms with Crippen LogP contribution in [-0.2, 0) is 6.42 Å². The van der Waals surface area contributed by atoms with E-state index in [1.807, 2.05) is 5.51 Å². The summed E-state index contributed by atoms with van der Waals surface area (Å²) in [6.45, 7) is 12.9. The summed E-state index contributed by atoms with van der Waals surface area (Å²) in [6, 6.07) is 0. The van der Waals surface area contributed by atoms with Crippen molar-refractivity contribution >= 4 is 11.3 Å². The number of hydrogen-bond donors (Lipinski definition) is 1. The van der Waals surface area contributed by atoms with Crippen LogP contribution in [0.15, 0.2) is 5.51 Å². The molecule has 0 aliphatic carbocycles. The van der Waals surface area contributed by atoms with Gasteiger partial charge in [-0.3, -0.25) is 0 Å². The lowest BCUT2D eigenvalue weighted by Crippen LogP contribution is -2.40. The number of rotatable bonds is 8. The van der Waals surface area contributed by atoms with Crippen molar-refractivity contribution in [3.63, 3.8) is 0 Å². The second-order valence-corrected chi connectivity index (χ2v) is 6.69. The standard InChI is InChI=1S/C14H27N3S/c1-5-7-17(10-14(3,4)9-15)8-6-13-12(2)16-11-18-13/h11H,5-10,15H2,1-4H3. The molecule has 1 heterocycles. The highest BCUT2D eigenvalue weighted by Gasteiger charge is 2.19. The van der Waals surface area contributed by atoms with E-state index in [2.05, 4.69) is 37.6 Å². The summed E-state index contributed by atoms with van der Waals surface area (Å²) in [7, 11) is 0. The Labute approximate surface area is 115 Å². The molecule has 0 radical (unpaired) electrons. The van der Waals surface area contributed by atoms with E-state index < -0.39 is 0 Å². The summed E-state index contributed by atoms with van der Waals surface area (Å²) < 4.78 is 0. The molecular formula is C14H27N3S. The number of nitrogens with zero attached hydrogens (tertiary/aromatic N) is 2. The van der Waals surface area contributed by atoms with Crippen molar-refractivity contribution in [3.8, 4) is 0 Å². The molecule has 0 unspecified atom stereocenters. The van der Waals surface area contributed by atoms with Gasteiger partial charge in [0.15, 0.2) is 0 Å². The van der Waals surface area contributed by atoms with Gasteiger partial charge in [0.2, 0.25) is 0 Å². The SMILES string of the molecule is CCCN(CCc1scnc1C)CC(C)(C)CN. The molecule has 0 aromatic carbocycles. The zero-order valence-corrected chi connectivity index (χ0v) is 13.0. The van der Waals surface area contributed by atoms with Crippen molar-refractivity contribution < 1.29 is 0 Å². The van der Waals surface area contributed by atoms with Crippen molar-refractivity contribution in [1.82, 2.24) is 9.88 Å². The van der Waals surface area contributed by atoms with Gasteiger partial charge < -0.3 is 10.6 Å². The monoisotopic (exact) mass is 269 g/mol. The highest BCUT2D eigenvalue weighted by molar-refractivity contribution is 7.09. The lowest BCUT2D eigenvalue weighted by atomic mass is 9.93. The Bertz CT molecular complexity index is 347. The van der Waals surface area contributed by atoms with Gasteiger partial charge in [-0.1, -0.05) is 20.8 Å². The van der Waals surface area contributed by atoms with Gasteiger partial charge in [0.1, 0.15) is 0 Å². The molecule has 0 fully saturated rings. The number of aryl methyl sites for hydroxylation is 1. The summed E-state index contributed by atoms with van der Waals surface area (Å²) in [5.41, 5.74) is 9.17. The van der Waals surface area contributed by atoms with Gasteiger partial charge in [-0.2, -0.15) is 0 Å². The molecule has 3 nitrogen and oxygen atoms in total. The lowest BCUT2D eigenvalue weighted by molar-refractivity contribution is 0.184. The average Bonchev–Trinajstić information content (AvgIpc) is 2.72. The first kappa shape index (κ1) is 15.6. The predicted molar refractivity (Wildman–Crippen MR) is 80.1 cm³/mol. The van der Waals surface area contributed by atoms with Gasteiger partial charge in [-0.05, 0) is 38.3 Å². The lowest BCUT2D eigenvalue weighted by Gasteiger charge is -2.31. The van der Waals surface area contributed by atoms with E-state index >= 15 is 0 Å². The largest absolute Gasteiger partial charge is 0.330 e. The Hall–Kier alpha value is -0.450. The van der Waals surface area contributed by atoms with Crippen LogP contribution in [0, 0.1) is 12.3 Å². The van der Waals surface area contributed by atoms with E-state index in [1.165, 1.54) is 17.0 Å². The van der Waals surface area contributed by atoms with Crippen molar-refractivity contribution in [2.24, 2.45) is 11.1 Å². The van der Waals surface area contributed by atoms with Gasteiger partial charge in [0, 0.05) is 18.0 Å². The van der Waals surface area contributed by atoms with Crippen LogP contribution in [-0.4, -0.2) is 36.1 Å². The molecular weight excluding hydrogens is 242 g/mol. The average molecular weight is 269 g/mol. The highest BCUT2D eigenvalue weighted by Crippen LogP contribution is 2.17. The second-order valence-electron chi connectivity index (χ2n) is 5.76. The minimum absolute atomic E-state index is 0.206. The van der Waals surface area contributed by atoms with Crippen LogP contribution < -0.4 is 5.73 Å². The molecule has 104 valence electrons. The molecule has 1 aromatic rings. The predicted octanol–water partition coefficient (Wildman–Crippen LogP) is 2.69. The van der Waals surface area contributed by atoms with E-state index in [0.29, 0.717) is 0 Å². The number of thiazole rings is 1. The van der Waals surface area contributed by atoms with Crippen LogP contribution in [0.5, 0.6) is 0 Å². The quantitative estimate of drug-likeness (QED) is 0.789. The fourth-order valence-electron chi connectivity index (χ4n) is 2.08. The molecule has 1 aromatic heterocycles. The second kappa shape index (κ2) is 7.22. The summed E-state index contributed by atoms with van der Waals surface area (Å²) in [5.74, 6) is 0. The third-order valence-electron chi connectivity index (χ3n) is 3.24. The van der Waals surface area contributed by atoms with Crippen molar-refractivity contribution in [2.75, 3.05) is 26.2 Å². The Morgan fingerprint density at radius 1 is 1.39 bits per heavy atom. The molecule has 2 N–H and O–H groups in total. The topological polar surface area (TPSA) is 42.2 Å². The van der Waals surface area contributed by atoms with Crippen LogP contribution in [0.25, 0.3) is 0 Å². The van der Waals surface area contributed by atoms with Crippen molar-refractivity contribution in [1.29, 1.82) is 0 Å². The Morgan fingerprint density at radius 3 is 2.61 bits per heavy atom. The van der Waals surface area contributed by atoms with E-state index in [0.717, 1.165) is 32.6 Å². The van der Waals surface area contributed by atoms with Gasteiger partial charge in [0.05, 0.1) is 11.2 Å². The summed E-state index contributed by atoms with van der Waals surface area (Å²) in [5, 5.41) is 0. The maximum atomic E-state index is 5.83.